The van der Waals surface area contributed by atoms with Gasteiger partial charge < -0.3 is 9.30 Å². The molecule has 8 heteroatoms. The molecule has 114 valence electrons. The first-order chi connectivity index (χ1) is 9.97. The van der Waals surface area contributed by atoms with Gasteiger partial charge in [-0.25, -0.2) is 0 Å². The predicted molar refractivity (Wildman–Crippen MR) is 71.9 cm³/mol. The largest absolute Gasteiger partial charge is 0.416 e. The van der Waals surface area contributed by atoms with Crippen LogP contribution in [0.4, 0.5) is 13.2 Å². The summed E-state index contributed by atoms with van der Waals surface area (Å²) in [4.78, 5) is 0. The Bertz CT molecular complexity index is 596. The molecule has 2 aromatic rings. The Labute approximate surface area is 124 Å². The quantitative estimate of drug-likeness (QED) is 0.793. The molecule has 2 rings (SSSR count). The molecule has 0 saturated heterocycles. The highest BCUT2D eigenvalue weighted by atomic mass is 35.5. The van der Waals surface area contributed by atoms with Crippen LogP contribution >= 0.6 is 11.6 Å². The van der Waals surface area contributed by atoms with Crippen molar-refractivity contribution in [2.75, 3.05) is 13.7 Å². The van der Waals surface area contributed by atoms with E-state index >= 15 is 0 Å². The number of benzene rings is 1. The van der Waals surface area contributed by atoms with Crippen LogP contribution in [0.15, 0.2) is 24.3 Å². The normalized spacial score (nSPS) is 11.9. The fourth-order valence-electron chi connectivity index (χ4n) is 1.87. The predicted octanol–water partition coefficient (Wildman–Crippen LogP) is 3.35. The molecule has 0 atom stereocenters. The van der Waals surface area contributed by atoms with Gasteiger partial charge in [0.25, 0.3) is 0 Å². The van der Waals surface area contributed by atoms with Crippen molar-refractivity contribution >= 4 is 11.6 Å². The van der Waals surface area contributed by atoms with E-state index < -0.39 is 11.7 Å². The highest BCUT2D eigenvalue weighted by Crippen LogP contribution is 2.30. The Morgan fingerprint density at radius 3 is 2.38 bits per heavy atom. The van der Waals surface area contributed by atoms with E-state index in [2.05, 4.69) is 10.2 Å². The number of methoxy groups -OCH3 is 1. The maximum atomic E-state index is 12.6. The number of ether oxygens (including phenoxy) is 1. The zero-order chi connectivity index (χ0) is 15.5. The van der Waals surface area contributed by atoms with Crippen LogP contribution < -0.4 is 0 Å². The summed E-state index contributed by atoms with van der Waals surface area (Å²) < 4.78 is 44.4. The van der Waals surface area contributed by atoms with Gasteiger partial charge in [-0.1, -0.05) is 12.1 Å². The first kappa shape index (κ1) is 15.8. The molecule has 1 heterocycles. The number of hydrogen-bond acceptors (Lipinski definition) is 3. The van der Waals surface area contributed by atoms with E-state index in [1.54, 1.807) is 11.7 Å². The van der Waals surface area contributed by atoms with Gasteiger partial charge in [-0.15, -0.1) is 21.8 Å². The minimum absolute atomic E-state index is 0.164. The lowest BCUT2D eigenvalue weighted by Gasteiger charge is -2.10. The molecule has 0 fully saturated rings. The summed E-state index contributed by atoms with van der Waals surface area (Å²) in [5, 5.41) is 7.93. The van der Waals surface area contributed by atoms with E-state index in [1.165, 1.54) is 12.1 Å². The molecule has 0 aliphatic carbocycles. The highest BCUT2D eigenvalue weighted by Gasteiger charge is 2.30. The molecule has 0 unspecified atom stereocenters. The molecule has 0 bridgehead atoms. The average molecular weight is 320 g/mol. The van der Waals surface area contributed by atoms with Crippen molar-refractivity contribution < 1.29 is 17.9 Å². The van der Waals surface area contributed by atoms with Crippen molar-refractivity contribution in [3.63, 3.8) is 0 Å². The lowest BCUT2D eigenvalue weighted by Crippen LogP contribution is -2.09. The van der Waals surface area contributed by atoms with Crippen LogP contribution in [0.3, 0.4) is 0 Å². The summed E-state index contributed by atoms with van der Waals surface area (Å²) in [5.74, 6) is 1.18. The minimum atomic E-state index is -4.36. The summed E-state index contributed by atoms with van der Waals surface area (Å²) in [6, 6.07) is 4.78. The smallest absolute Gasteiger partial charge is 0.383 e. The Hall–Kier alpha value is -1.60. The van der Waals surface area contributed by atoms with Gasteiger partial charge in [-0.2, -0.15) is 13.2 Å². The molecule has 4 nitrogen and oxygen atoms in total. The van der Waals surface area contributed by atoms with E-state index in [1.807, 2.05) is 0 Å². The maximum absolute atomic E-state index is 12.6. The van der Waals surface area contributed by atoms with Crippen LogP contribution in [0.2, 0.25) is 0 Å². The van der Waals surface area contributed by atoms with Crippen LogP contribution in [0.1, 0.15) is 11.4 Å². The fourth-order valence-corrected chi connectivity index (χ4v) is 2.07. The molecule has 1 aromatic carbocycles. The molecular weight excluding hydrogens is 307 g/mol. The van der Waals surface area contributed by atoms with E-state index in [0.29, 0.717) is 30.4 Å². The molecular formula is C13H13ClF3N3O. The zero-order valence-electron chi connectivity index (χ0n) is 11.2. The van der Waals surface area contributed by atoms with E-state index in [9.17, 15) is 13.2 Å². The molecule has 0 aliphatic heterocycles. The van der Waals surface area contributed by atoms with Gasteiger partial charge in [0.1, 0.15) is 5.82 Å². The third-order valence-corrected chi connectivity index (χ3v) is 3.18. The van der Waals surface area contributed by atoms with Crippen molar-refractivity contribution in [1.82, 2.24) is 14.8 Å². The summed E-state index contributed by atoms with van der Waals surface area (Å²) in [6.45, 7) is 0.900. The maximum Gasteiger partial charge on any atom is 0.416 e. The van der Waals surface area contributed by atoms with Gasteiger partial charge in [0.05, 0.1) is 18.1 Å². The lowest BCUT2D eigenvalue weighted by molar-refractivity contribution is -0.137. The fraction of sp³-hybridized carbons (Fsp3) is 0.385. The second kappa shape index (κ2) is 6.44. The summed E-state index contributed by atoms with van der Waals surface area (Å²) in [6.07, 6.45) is -4.36. The SMILES string of the molecule is COCCn1c(CCl)nnc1-c1ccc(C(F)(F)F)cc1. The highest BCUT2D eigenvalue weighted by molar-refractivity contribution is 6.16. The van der Waals surface area contributed by atoms with Gasteiger partial charge in [-0.05, 0) is 12.1 Å². The molecule has 0 spiro atoms. The summed E-state index contributed by atoms with van der Waals surface area (Å²) in [7, 11) is 1.56. The van der Waals surface area contributed by atoms with Crippen molar-refractivity contribution in [2.24, 2.45) is 0 Å². The van der Waals surface area contributed by atoms with Crippen LogP contribution in [-0.4, -0.2) is 28.5 Å². The monoisotopic (exact) mass is 319 g/mol. The van der Waals surface area contributed by atoms with Gasteiger partial charge in [0.2, 0.25) is 0 Å². The van der Waals surface area contributed by atoms with Crippen LogP contribution in [0.25, 0.3) is 11.4 Å². The van der Waals surface area contributed by atoms with Crippen LogP contribution in [0.5, 0.6) is 0 Å². The van der Waals surface area contributed by atoms with Gasteiger partial charge in [-0.3, -0.25) is 0 Å². The Morgan fingerprint density at radius 1 is 1.19 bits per heavy atom. The first-order valence-electron chi connectivity index (χ1n) is 6.12. The number of alkyl halides is 4. The number of rotatable bonds is 5. The third kappa shape index (κ3) is 3.54. The van der Waals surface area contributed by atoms with E-state index in [-0.39, 0.29) is 5.88 Å². The van der Waals surface area contributed by atoms with Gasteiger partial charge in [0, 0.05) is 19.2 Å². The second-order valence-corrected chi connectivity index (χ2v) is 4.56. The van der Waals surface area contributed by atoms with E-state index in [4.69, 9.17) is 16.3 Å². The van der Waals surface area contributed by atoms with Crippen LogP contribution in [0, 0.1) is 0 Å². The Balaban J connectivity index is 2.35. The molecule has 21 heavy (non-hydrogen) atoms. The standard InChI is InChI=1S/C13H13ClF3N3O/c1-21-7-6-20-11(8-14)18-19-12(20)9-2-4-10(5-3-9)13(15,16)17/h2-5H,6-8H2,1H3. The third-order valence-electron chi connectivity index (χ3n) is 2.94. The molecule has 0 radical (unpaired) electrons. The van der Waals surface area contributed by atoms with Gasteiger partial charge in [0.15, 0.2) is 5.82 Å². The van der Waals surface area contributed by atoms with Crippen molar-refractivity contribution in [2.45, 2.75) is 18.6 Å². The number of hydrogen-bond donors (Lipinski definition) is 0. The number of halogens is 4. The zero-order valence-corrected chi connectivity index (χ0v) is 11.9. The summed E-state index contributed by atoms with van der Waals surface area (Å²) in [5.41, 5.74) is -0.158. The number of aromatic nitrogens is 3. The first-order valence-corrected chi connectivity index (χ1v) is 6.65. The average Bonchev–Trinajstić information content (AvgIpc) is 2.87. The minimum Gasteiger partial charge on any atom is -0.383 e. The molecule has 1 aromatic heterocycles. The molecule has 0 saturated carbocycles. The van der Waals surface area contributed by atoms with Crippen LogP contribution in [-0.2, 0) is 23.3 Å². The Kier molecular flexibility index (Phi) is 4.84. The van der Waals surface area contributed by atoms with Crippen molar-refractivity contribution in [3.8, 4) is 11.4 Å². The van der Waals surface area contributed by atoms with Crippen molar-refractivity contribution in [3.05, 3.63) is 35.7 Å². The Morgan fingerprint density at radius 2 is 1.86 bits per heavy atom. The molecule has 0 amide bonds. The molecule has 0 N–H and O–H groups in total. The topological polar surface area (TPSA) is 39.9 Å². The second-order valence-electron chi connectivity index (χ2n) is 4.29. The summed E-state index contributed by atoms with van der Waals surface area (Å²) >= 11 is 5.78. The van der Waals surface area contributed by atoms with Gasteiger partial charge >= 0.3 is 6.18 Å². The van der Waals surface area contributed by atoms with Crippen molar-refractivity contribution in [1.29, 1.82) is 0 Å². The molecule has 0 aliphatic rings. The lowest BCUT2D eigenvalue weighted by atomic mass is 10.1. The van der Waals surface area contributed by atoms with E-state index in [0.717, 1.165) is 12.1 Å². The number of nitrogens with zero attached hydrogens (tertiary/aromatic N) is 3.